The van der Waals surface area contributed by atoms with Crippen molar-refractivity contribution >= 4 is 53.7 Å². The lowest BCUT2D eigenvalue weighted by molar-refractivity contribution is -0.266. The fourth-order valence-electron chi connectivity index (χ4n) is 12.1. The maximum atomic E-state index is 15.3. The minimum atomic E-state index is -2.50. The molecule has 0 amide bonds. The number of ketones is 1. The van der Waals surface area contributed by atoms with E-state index in [1.165, 1.54) is 0 Å². The lowest BCUT2D eigenvalue weighted by Gasteiger charge is -2.56. The molecule has 0 aromatic carbocycles. The van der Waals surface area contributed by atoms with Gasteiger partial charge in [-0.15, -0.1) is 6.58 Å². The minimum Gasteiger partial charge on any atom is -0.414 e. The van der Waals surface area contributed by atoms with Gasteiger partial charge in [0.15, 0.2) is 41.6 Å². The summed E-state index contributed by atoms with van der Waals surface area (Å²) >= 11 is 0. The van der Waals surface area contributed by atoms with Crippen molar-refractivity contribution in [2.75, 3.05) is 13.7 Å². The van der Waals surface area contributed by atoms with Crippen molar-refractivity contribution in [2.24, 2.45) is 11.8 Å². The highest BCUT2D eigenvalue weighted by Crippen LogP contribution is 2.49. The Morgan fingerprint density at radius 2 is 1.16 bits per heavy atom. The van der Waals surface area contributed by atoms with Gasteiger partial charge in [0.2, 0.25) is 0 Å². The van der Waals surface area contributed by atoms with Crippen LogP contribution in [0.3, 0.4) is 0 Å². The Bertz CT molecular complexity index is 2320. The molecule has 0 aromatic rings. The quantitative estimate of drug-likeness (QED) is 0.0418. The van der Waals surface area contributed by atoms with Gasteiger partial charge in [-0.3, -0.25) is 4.79 Å². The number of methoxy groups -OCH3 is 1. The minimum absolute atomic E-state index is 0.0153. The van der Waals surface area contributed by atoms with Gasteiger partial charge in [0.05, 0.1) is 73.8 Å². The fraction of sp³-hybridized carbons (Fsp3) is 0.886. The normalized spacial score (nSPS) is 31.8. The Hall–Kier alpha value is -0.796. The first-order valence-electron chi connectivity index (χ1n) is 34.1. The van der Waals surface area contributed by atoms with Crippen molar-refractivity contribution in [3.63, 3.8) is 0 Å². The summed E-state index contributed by atoms with van der Waals surface area (Å²) in [7, 11) is -10.0. The topological polar surface area (TPSA) is 136 Å². The van der Waals surface area contributed by atoms with E-state index in [1.807, 2.05) is 6.08 Å². The van der Waals surface area contributed by atoms with Gasteiger partial charge in [-0.05, 0) is 153 Å². The van der Waals surface area contributed by atoms with E-state index < -0.39 is 78.2 Å². The molecule has 5 aliphatic rings. The van der Waals surface area contributed by atoms with Crippen LogP contribution in [0.2, 0.25) is 90.7 Å². The Morgan fingerprint density at radius 3 is 1.69 bits per heavy atom. The number of ether oxygens (including phenoxy) is 6. The number of fused-ring (bicyclic) bond motifs is 1. The lowest BCUT2D eigenvalue weighted by atomic mass is 9.81. The first-order chi connectivity index (χ1) is 40.0. The predicted molar refractivity (Wildman–Crippen MR) is 373 cm³/mol. The van der Waals surface area contributed by atoms with Gasteiger partial charge < -0.3 is 55.3 Å². The number of carbonyl (C=O) groups excluding carboxylic acids is 2. The molecule has 510 valence electrons. The molecule has 5 heterocycles. The molecule has 0 bridgehead atoms. The second kappa shape index (κ2) is 29.7. The molecule has 0 aliphatic carbocycles. The maximum Gasteiger partial charge on any atom is 0.193 e. The Morgan fingerprint density at radius 1 is 0.614 bits per heavy atom. The maximum absolute atomic E-state index is 15.3. The monoisotopic (exact) mass is 1320 g/mol. The summed E-state index contributed by atoms with van der Waals surface area (Å²) in [6, 6.07) is 0. The van der Waals surface area contributed by atoms with E-state index in [1.54, 1.807) is 7.11 Å². The molecule has 88 heavy (non-hydrogen) atoms. The van der Waals surface area contributed by atoms with Crippen molar-refractivity contribution in [3.8, 4) is 0 Å². The molecule has 0 radical (unpaired) electrons. The van der Waals surface area contributed by atoms with Gasteiger partial charge in [-0.2, -0.15) is 0 Å². The van der Waals surface area contributed by atoms with Gasteiger partial charge in [-0.1, -0.05) is 130 Å². The molecule has 13 nitrogen and oxygen atoms in total. The molecule has 5 rings (SSSR count). The number of rotatable bonds is 28. The summed E-state index contributed by atoms with van der Waals surface area (Å²) in [6.45, 7) is 73.3. The number of aldehydes is 1. The van der Waals surface area contributed by atoms with E-state index in [9.17, 15) is 4.79 Å². The second-order valence-corrected chi connectivity index (χ2v) is 59.0. The predicted octanol–water partition coefficient (Wildman–Crippen LogP) is 17.4. The fourth-order valence-corrected chi connectivity index (χ4v) is 18.4. The lowest BCUT2D eigenvalue weighted by Crippen LogP contribution is -2.69. The average Bonchev–Trinajstić information content (AvgIpc) is 1.00. The van der Waals surface area contributed by atoms with E-state index in [-0.39, 0.29) is 111 Å². The van der Waals surface area contributed by atoms with E-state index in [0.29, 0.717) is 45.1 Å². The van der Waals surface area contributed by atoms with Crippen molar-refractivity contribution in [3.05, 3.63) is 37.0 Å². The van der Waals surface area contributed by atoms with Crippen LogP contribution in [0.15, 0.2) is 37.0 Å². The van der Waals surface area contributed by atoms with Crippen LogP contribution in [0.1, 0.15) is 188 Å². The highest BCUT2D eigenvalue weighted by molar-refractivity contribution is 6.76. The number of hydrogen-bond acceptors (Lipinski definition) is 13. The third kappa shape index (κ3) is 19.5. The van der Waals surface area contributed by atoms with E-state index in [0.717, 1.165) is 43.1 Å². The molecule has 5 saturated heterocycles. The summed E-state index contributed by atoms with van der Waals surface area (Å²) in [5.41, 5.74) is 2.15. The van der Waals surface area contributed by atoms with Gasteiger partial charge in [0.25, 0.3) is 0 Å². The van der Waals surface area contributed by atoms with Gasteiger partial charge >= 0.3 is 0 Å². The van der Waals surface area contributed by atoms with Gasteiger partial charge in [0, 0.05) is 45.1 Å². The van der Waals surface area contributed by atoms with Crippen LogP contribution in [0, 0.1) is 11.8 Å². The van der Waals surface area contributed by atoms with Crippen molar-refractivity contribution in [1.29, 1.82) is 0 Å². The third-order valence-corrected chi connectivity index (χ3v) is 45.6. The van der Waals surface area contributed by atoms with Crippen LogP contribution in [0.5, 0.6) is 0 Å². The second-order valence-electron chi connectivity index (χ2n) is 35.2. The van der Waals surface area contributed by atoms with Crippen LogP contribution in [0.4, 0.5) is 0 Å². The standard InChI is InChI=1S/C70H132O13Si5/c1-31-55(81-86(25,26)68(11,12)13)62-64(82-87(27,28)69(14,15)16)65(83-88(29,30)70(17,18)19)63-57(79-62)37-35-52(77-63)41-49(72)42-54-59(44-58-48(4)46(2)39-51(76-58)34-36-56-47(3)40-50(75-56)33-32-38-71)78-60(61(54)73-20)43-53(80-85(23,24)67(8,9)10)45-74-84(21,22)66(5,6)7/h31,38,46,50-65H,1,3-4,32-37,39-45H2,2,5-30H3/t46-,50+,51+,52-,53+,54+,55+,56+,57+,58-,59+,60-,61-,62+,63+,64-,65+/m1/s1. The first kappa shape index (κ1) is 77.9. The highest BCUT2D eigenvalue weighted by Gasteiger charge is 2.59. The molecule has 0 saturated carbocycles. The number of Topliss-reactive ketones (excluding diaryl/α,β-unsaturated/α-hetero) is 1. The number of hydrogen-bond donors (Lipinski definition) is 0. The molecule has 0 N–H and O–H groups in total. The Labute approximate surface area is 543 Å². The molecular weight excluding hydrogens is 1190 g/mol. The number of carbonyl (C=O) groups is 2. The zero-order valence-corrected chi connectivity index (χ0v) is 66.1. The largest absolute Gasteiger partial charge is 0.414 e. The highest BCUT2D eigenvalue weighted by atomic mass is 28.4. The zero-order valence-electron chi connectivity index (χ0n) is 61.1. The van der Waals surface area contributed by atoms with Crippen LogP contribution in [0.25, 0.3) is 0 Å². The molecular formula is C70H132O13Si5. The van der Waals surface area contributed by atoms with E-state index in [4.69, 9.17) is 50.6 Å². The SMILES string of the molecule is C=C[C@H](O[Si](C)(C)C(C)(C)C)[C@@H]1O[C@H]2CC[C@H](CC(=O)C[C@@H]3[C@@H](OC)[C@@H](C[C@@H](CO[Si](C)(C)C(C)(C)C)O[Si](C)(C)C(C)(C)C)O[C@H]3C[C@H]3O[C@@H](CC[C@@H]4O[C@@H](CCC=O)CC4=C)C[C@@H](C)C3=C)O[C@@H]2[C@H](O[Si](C)(C)C(C)(C)C)[C@@H]1O[Si](C)(C)C(C)(C)C. The van der Waals surface area contributed by atoms with Crippen LogP contribution in [-0.2, 0) is 60.1 Å². The van der Waals surface area contributed by atoms with E-state index >= 15 is 4.79 Å². The van der Waals surface area contributed by atoms with Crippen molar-refractivity contribution in [2.45, 2.75) is 370 Å². The van der Waals surface area contributed by atoms with Crippen LogP contribution >= 0.6 is 0 Å². The summed E-state index contributed by atoms with van der Waals surface area (Å²) in [5, 5.41) is -0.290. The summed E-state index contributed by atoms with van der Waals surface area (Å²) < 4.78 is 79.2. The molecule has 0 spiro atoms. The molecule has 0 unspecified atom stereocenters. The average molecular weight is 1320 g/mol. The smallest absolute Gasteiger partial charge is 0.193 e. The Kier molecular flexibility index (Phi) is 26.3. The summed E-state index contributed by atoms with van der Waals surface area (Å²) in [6.07, 6.45) is 5.45. The zero-order chi connectivity index (χ0) is 66.9. The van der Waals surface area contributed by atoms with Gasteiger partial charge in [-0.25, -0.2) is 0 Å². The molecule has 18 heteroatoms. The van der Waals surface area contributed by atoms with Gasteiger partial charge in [0.1, 0.15) is 36.5 Å². The molecule has 5 fully saturated rings. The molecule has 5 aliphatic heterocycles. The third-order valence-electron chi connectivity index (χ3n) is 23.2. The first-order valence-corrected chi connectivity index (χ1v) is 48.6. The molecule has 0 aromatic heterocycles. The Balaban J connectivity index is 1.50. The molecule has 17 atom stereocenters. The van der Waals surface area contributed by atoms with Crippen LogP contribution in [-0.4, -0.2) is 159 Å². The van der Waals surface area contributed by atoms with Crippen molar-refractivity contribution in [1.82, 2.24) is 0 Å². The summed E-state index contributed by atoms with van der Waals surface area (Å²) in [4.78, 5) is 26.5. The summed E-state index contributed by atoms with van der Waals surface area (Å²) in [5.74, 6) is 0.0435. The van der Waals surface area contributed by atoms with E-state index in [2.05, 4.69) is 196 Å². The van der Waals surface area contributed by atoms with Crippen molar-refractivity contribution < 1.29 is 60.1 Å². The van der Waals surface area contributed by atoms with Crippen LogP contribution < -0.4 is 0 Å².